The van der Waals surface area contributed by atoms with Crippen LogP contribution in [-0.4, -0.2) is 16.5 Å². The minimum absolute atomic E-state index is 0.482. The molecule has 1 fully saturated rings. The van der Waals surface area contributed by atoms with Crippen LogP contribution in [0.2, 0.25) is 0 Å². The van der Waals surface area contributed by atoms with Gasteiger partial charge >= 0.3 is 0 Å². The predicted octanol–water partition coefficient (Wildman–Crippen LogP) is 4.69. The predicted molar refractivity (Wildman–Crippen MR) is 86.6 cm³/mol. The molecule has 0 aliphatic heterocycles. The van der Waals surface area contributed by atoms with Crippen molar-refractivity contribution >= 4 is 27.4 Å². The maximum Gasteiger partial charge on any atom is 0.138 e. The zero-order valence-corrected chi connectivity index (χ0v) is 13.4. The Bertz CT molecular complexity index is 611. The van der Waals surface area contributed by atoms with Crippen LogP contribution in [0.1, 0.15) is 49.5 Å². The molecule has 1 saturated carbocycles. The van der Waals surface area contributed by atoms with Crippen LogP contribution in [-0.2, 0) is 0 Å². The number of thiophene rings is 1. The van der Waals surface area contributed by atoms with Crippen molar-refractivity contribution in [1.29, 1.82) is 0 Å². The first-order valence-corrected chi connectivity index (χ1v) is 8.41. The zero-order chi connectivity index (χ0) is 14.2. The van der Waals surface area contributed by atoms with E-state index in [1.807, 2.05) is 0 Å². The lowest BCUT2D eigenvalue weighted by Crippen LogP contribution is -2.26. The number of anilines is 1. The van der Waals surface area contributed by atoms with E-state index in [4.69, 9.17) is 0 Å². The molecule has 3 rings (SSSR count). The second-order valence-corrected chi connectivity index (χ2v) is 7.30. The summed E-state index contributed by atoms with van der Waals surface area (Å²) in [5.74, 6) is 1.02. The Balaban J connectivity index is 1.87. The number of hydrogen-bond donors (Lipinski definition) is 1. The Morgan fingerprint density at radius 3 is 2.70 bits per heavy atom. The summed E-state index contributed by atoms with van der Waals surface area (Å²) in [4.78, 5) is 11.3. The molecule has 0 radical (unpaired) electrons. The van der Waals surface area contributed by atoms with Crippen LogP contribution in [0.25, 0.3) is 10.2 Å². The van der Waals surface area contributed by atoms with Gasteiger partial charge in [-0.2, -0.15) is 0 Å². The average molecular weight is 289 g/mol. The van der Waals surface area contributed by atoms with Crippen molar-refractivity contribution in [3.63, 3.8) is 0 Å². The molecule has 0 bridgehead atoms. The van der Waals surface area contributed by atoms with E-state index in [-0.39, 0.29) is 0 Å². The van der Waals surface area contributed by atoms with Crippen LogP contribution in [0, 0.1) is 19.3 Å². The fraction of sp³-hybridized carbons (Fsp3) is 0.625. The molecular weight excluding hydrogens is 266 g/mol. The Morgan fingerprint density at radius 2 is 2.00 bits per heavy atom. The lowest BCUT2D eigenvalue weighted by Gasteiger charge is -2.28. The molecule has 0 saturated heterocycles. The average Bonchev–Trinajstić information content (AvgIpc) is 3.04. The highest BCUT2D eigenvalue weighted by molar-refractivity contribution is 7.18. The van der Waals surface area contributed by atoms with Crippen LogP contribution < -0.4 is 5.32 Å². The molecule has 0 spiro atoms. The first-order chi connectivity index (χ1) is 9.65. The van der Waals surface area contributed by atoms with Gasteiger partial charge in [0.2, 0.25) is 0 Å². The van der Waals surface area contributed by atoms with E-state index in [0.717, 1.165) is 17.2 Å². The van der Waals surface area contributed by atoms with Crippen molar-refractivity contribution in [1.82, 2.24) is 9.97 Å². The summed E-state index contributed by atoms with van der Waals surface area (Å²) in [7, 11) is 0. The smallest absolute Gasteiger partial charge is 0.138 e. The molecule has 0 amide bonds. The first kappa shape index (κ1) is 13.8. The van der Waals surface area contributed by atoms with Gasteiger partial charge in [0.25, 0.3) is 0 Å². The third-order valence-electron chi connectivity index (χ3n) is 5.01. The topological polar surface area (TPSA) is 37.8 Å². The monoisotopic (exact) mass is 289 g/mol. The van der Waals surface area contributed by atoms with Gasteiger partial charge in [-0.1, -0.05) is 19.8 Å². The molecule has 1 aliphatic carbocycles. The van der Waals surface area contributed by atoms with Gasteiger partial charge in [0.1, 0.15) is 17.0 Å². The van der Waals surface area contributed by atoms with Gasteiger partial charge in [-0.05, 0) is 44.1 Å². The molecular formula is C16H23N3S. The SMILES string of the molecule is CCC1(CNc2ncnc3sc(C)c(C)c23)CCCC1. The molecule has 108 valence electrons. The van der Waals surface area contributed by atoms with Crippen molar-refractivity contribution in [2.75, 3.05) is 11.9 Å². The molecule has 0 unspecified atom stereocenters. The van der Waals surface area contributed by atoms with Crippen LogP contribution in [0.3, 0.4) is 0 Å². The first-order valence-electron chi connectivity index (χ1n) is 7.60. The maximum atomic E-state index is 4.49. The van der Waals surface area contributed by atoms with E-state index >= 15 is 0 Å². The second-order valence-electron chi connectivity index (χ2n) is 6.10. The molecule has 1 aliphatic rings. The largest absolute Gasteiger partial charge is 0.369 e. The van der Waals surface area contributed by atoms with Crippen molar-refractivity contribution in [3.8, 4) is 0 Å². The number of hydrogen-bond acceptors (Lipinski definition) is 4. The third kappa shape index (κ3) is 2.30. The molecule has 2 heterocycles. The Kier molecular flexibility index (Phi) is 3.67. The Morgan fingerprint density at radius 1 is 1.25 bits per heavy atom. The summed E-state index contributed by atoms with van der Waals surface area (Å²) in [6, 6.07) is 0. The van der Waals surface area contributed by atoms with Gasteiger partial charge < -0.3 is 5.32 Å². The van der Waals surface area contributed by atoms with Gasteiger partial charge in [0, 0.05) is 11.4 Å². The maximum absolute atomic E-state index is 4.49. The molecule has 4 heteroatoms. The normalized spacial score (nSPS) is 17.8. The van der Waals surface area contributed by atoms with Crippen molar-refractivity contribution in [2.24, 2.45) is 5.41 Å². The van der Waals surface area contributed by atoms with E-state index in [9.17, 15) is 0 Å². The summed E-state index contributed by atoms with van der Waals surface area (Å²) in [5.41, 5.74) is 1.81. The van der Waals surface area contributed by atoms with E-state index in [2.05, 4.69) is 36.1 Å². The summed E-state index contributed by atoms with van der Waals surface area (Å²) in [6.45, 7) is 7.70. The van der Waals surface area contributed by atoms with Crippen molar-refractivity contribution in [2.45, 2.75) is 52.9 Å². The molecule has 1 N–H and O–H groups in total. The highest BCUT2D eigenvalue weighted by Crippen LogP contribution is 2.41. The third-order valence-corrected chi connectivity index (χ3v) is 6.13. The highest BCUT2D eigenvalue weighted by atomic mass is 32.1. The fourth-order valence-corrected chi connectivity index (χ4v) is 4.36. The van der Waals surface area contributed by atoms with Crippen molar-refractivity contribution < 1.29 is 0 Å². The van der Waals surface area contributed by atoms with E-state index in [0.29, 0.717) is 5.41 Å². The van der Waals surface area contributed by atoms with E-state index in [1.54, 1.807) is 17.7 Å². The van der Waals surface area contributed by atoms with Crippen LogP contribution in [0.4, 0.5) is 5.82 Å². The number of nitrogens with zero attached hydrogens (tertiary/aromatic N) is 2. The molecule has 0 aromatic carbocycles. The molecule has 2 aromatic rings. The summed E-state index contributed by atoms with van der Waals surface area (Å²) in [6.07, 6.45) is 8.42. The van der Waals surface area contributed by atoms with Gasteiger partial charge in [0.15, 0.2) is 0 Å². The van der Waals surface area contributed by atoms with Gasteiger partial charge in [0.05, 0.1) is 5.39 Å². The van der Waals surface area contributed by atoms with Gasteiger partial charge in [-0.25, -0.2) is 9.97 Å². The van der Waals surface area contributed by atoms with Crippen LogP contribution in [0.15, 0.2) is 6.33 Å². The lowest BCUT2D eigenvalue weighted by atomic mass is 9.83. The standard InChI is InChI=1S/C16H23N3S/c1-4-16(7-5-6-8-16)9-17-14-13-11(2)12(3)20-15(13)19-10-18-14/h10H,4-9H2,1-3H3,(H,17,18,19). The number of nitrogens with one attached hydrogen (secondary N) is 1. The van der Waals surface area contributed by atoms with Gasteiger partial charge in [-0.3, -0.25) is 0 Å². The number of aryl methyl sites for hydroxylation is 2. The number of aromatic nitrogens is 2. The number of rotatable bonds is 4. The Hall–Kier alpha value is -1.16. The Labute approximate surface area is 124 Å². The van der Waals surface area contributed by atoms with Crippen LogP contribution >= 0.6 is 11.3 Å². The van der Waals surface area contributed by atoms with Crippen molar-refractivity contribution in [3.05, 3.63) is 16.8 Å². The van der Waals surface area contributed by atoms with E-state index < -0.39 is 0 Å². The number of fused-ring (bicyclic) bond motifs is 1. The fourth-order valence-electron chi connectivity index (χ4n) is 3.37. The summed E-state index contributed by atoms with van der Waals surface area (Å²) < 4.78 is 0. The van der Waals surface area contributed by atoms with E-state index in [1.165, 1.54) is 47.9 Å². The second kappa shape index (κ2) is 5.32. The molecule has 20 heavy (non-hydrogen) atoms. The highest BCUT2D eigenvalue weighted by Gasteiger charge is 2.32. The lowest BCUT2D eigenvalue weighted by molar-refractivity contribution is 0.306. The van der Waals surface area contributed by atoms with Gasteiger partial charge in [-0.15, -0.1) is 11.3 Å². The minimum Gasteiger partial charge on any atom is -0.369 e. The molecule has 3 nitrogen and oxygen atoms in total. The zero-order valence-electron chi connectivity index (χ0n) is 12.6. The summed E-state index contributed by atoms with van der Waals surface area (Å²) >= 11 is 1.76. The van der Waals surface area contributed by atoms with Crippen LogP contribution in [0.5, 0.6) is 0 Å². The molecule has 0 atom stereocenters. The summed E-state index contributed by atoms with van der Waals surface area (Å²) in [5, 5.41) is 4.85. The minimum atomic E-state index is 0.482. The quantitative estimate of drug-likeness (QED) is 0.887. The molecule has 2 aromatic heterocycles.